The van der Waals surface area contributed by atoms with E-state index in [2.05, 4.69) is 10.3 Å². The van der Waals surface area contributed by atoms with Gasteiger partial charge in [-0.25, -0.2) is 9.78 Å². The van der Waals surface area contributed by atoms with Gasteiger partial charge in [-0.2, -0.15) is 13.2 Å². The highest BCUT2D eigenvalue weighted by molar-refractivity contribution is 7.14. The summed E-state index contributed by atoms with van der Waals surface area (Å²) in [7, 11) is 0. The maximum absolute atomic E-state index is 12.7. The highest BCUT2D eigenvalue weighted by Gasteiger charge is 2.30. The van der Waals surface area contributed by atoms with Crippen LogP contribution >= 0.6 is 11.3 Å². The number of thiazole rings is 1. The molecule has 2 aromatic carbocycles. The van der Waals surface area contributed by atoms with Crippen LogP contribution in [0.15, 0.2) is 53.9 Å². The van der Waals surface area contributed by atoms with Gasteiger partial charge in [0, 0.05) is 16.6 Å². The number of rotatable bonds is 4. The van der Waals surface area contributed by atoms with Gasteiger partial charge in [-0.3, -0.25) is 0 Å². The minimum Gasteiger partial charge on any atom is -0.478 e. The number of carbonyl (C=O) groups is 1. The molecule has 0 aliphatic heterocycles. The summed E-state index contributed by atoms with van der Waals surface area (Å²) in [5, 5.41) is 14.0. The summed E-state index contributed by atoms with van der Waals surface area (Å²) in [6.07, 6.45) is -4.41. The van der Waals surface area contributed by atoms with E-state index in [0.29, 0.717) is 16.4 Å². The zero-order valence-corrected chi connectivity index (χ0v) is 15.4. The number of aromatic carboxylic acids is 1. The first-order chi connectivity index (χ1) is 12.8. The van der Waals surface area contributed by atoms with Crippen molar-refractivity contribution < 1.29 is 23.1 Å². The zero-order valence-electron chi connectivity index (χ0n) is 14.5. The maximum atomic E-state index is 12.7. The summed E-state index contributed by atoms with van der Waals surface area (Å²) in [4.78, 5) is 15.3. The number of alkyl halides is 3. The van der Waals surface area contributed by atoms with Crippen LogP contribution in [-0.4, -0.2) is 16.1 Å². The Morgan fingerprint density at radius 1 is 1.11 bits per heavy atom. The van der Waals surface area contributed by atoms with E-state index in [-0.39, 0.29) is 18.7 Å². The predicted molar refractivity (Wildman–Crippen MR) is 107 cm³/mol. The number of hydrogen-bond donors (Lipinski definition) is 2. The van der Waals surface area contributed by atoms with Gasteiger partial charge < -0.3 is 10.4 Å². The topological polar surface area (TPSA) is 62.2 Å². The van der Waals surface area contributed by atoms with E-state index >= 15 is 0 Å². The van der Waals surface area contributed by atoms with Crippen molar-refractivity contribution in [1.82, 2.24) is 4.98 Å². The number of carboxylic acid groups (broad SMARTS) is 1. The Morgan fingerprint density at radius 3 is 2.43 bits per heavy atom. The number of carboxylic acids is 1. The second-order valence-corrected chi connectivity index (χ2v) is 5.99. The molecule has 3 aromatic rings. The Balaban J connectivity index is 0.00000127. The van der Waals surface area contributed by atoms with Crippen molar-refractivity contribution in [3.05, 3.63) is 65.0 Å². The molecule has 1 aromatic heterocycles. The predicted octanol–water partition coefficient (Wildman–Crippen LogP) is 6.93. The van der Waals surface area contributed by atoms with Crippen LogP contribution in [0.5, 0.6) is 0 Å². The molecule has 0 saturated heterocycles. The van der Waals surface area contributed by atoms with Gasteiger partial charge in [0.1, 0.15) is 0 Å². The van der Waals surface area contributed by atoms with Crippen molar-refractivity contribution >= 4 is 28.1 Å². The summed E-state index contributed by atoms with van der Waals surface area (Å²) in [6, 6.07) is 11.1. The monoisotopic (exact) mass is 410 g/mol. The number of nitrogens with zero attached hydrogens (tertiary/aromatic N) is 1. The Labute approximate surface area is 165 Å². The Morgan fingerprint density at radius 2 is 1.79 bits per heavy atom. The molecular formula is C20H21F3N2O2S. The molecule has 150 valence electrons. The maximum Gasteiger partial charge on any atom is 0.416 e. The molecule has 0 aliphatic rings. The van der Waals surface area contributed by atoms with Gasteiger partial charge >= 0.3 is 12.1 Å². The molecule has 28 heavy (non-hydrogen) atoms. The van der Waals surface area contributed by atoms with E-state index in [0.717, 1.165) is 12.1 Å². The molecule has 4 nitrogen and oxygen atoms in total. The first-order valence-electron chi connectivity index (χ1n) is 8.06. The highest BCUT2D eigenvalue weighted by Crippen LogP contribution is 2.32. The van der Waals surface area contributed by atoms with Crippen LogP contribution in [-0.2, 0) is 6.18 Å². The molecule has 8 heteroatoms. The molecule has 0 amide bonds. The summed E-state index contributed by atoms with van der Waals surface area (Å²) in [5.41, 5.74) is 0.826. The summed E-state index contributed by atoms with van der Waals surface area (Å²) in [5.74, 6) is -1.04. The fourth-order valence-electron chi connectivity index (χ4n) is 2.17. The average Bonchev–Trinajstić information content (AvgIpc) is 3.11. The fourth-order valence-corrected chi connectivity index (χ4v) is 2.91. The van der Waals surface area contributed by atoms with E-state index in [1.807, 2.05) is 13.8 Å². The molecule has 0 fully saturated rings. The second-order valence-electron chi connectivity index (χ2n) is 5.13. The van der Waals surface area contributed by atoms with Gasteiger partial charge in [0.25, 0.3) is 0 Å². The SMILES string of the molecule is C.CC.O=C(O)c1cccc(-c2csc(Nc3cccc(C(F)(F)F)c3)n2)c1. The number of anilines is 2. The van der Waals surface area contributed by atoms with Crippen LogP contribution in [0.4, 0.5) is 24.0 Å². The van der Waals surface area contributed by atoms with Gasteiger partial charge in [-0.05, 0) is 30.3 Å². The fraction of sp³-hybridized carbons (Fsp3) is 0.200. The molecule has 0 radical (unpaired) electrons. The number of nitrogens with one attached hydrogen (secondary N) is 1. The van der Waals surface area contributed by atoms with Crippen molar-refractivity contribution in [2.45, 2.75) is 27.5 Å². The molecule has 0 saturated carbocycles. The number of halogens is 3. The van der Waals surface area contributed by atoms with Gasteiger partial charge in [-0.15, -0.1) is 11.3 Å². The van der Waals surface area contributed by atoms with Gasteiger partial charge in [-0.1, -0.05) is 39.5 Å². The normalized spacial score (nSPS) is 10.3. The lowest BCUT2D eigenvalue weighted by Crippen LogP contribution is -2.05. The van der Waals surface area contributed by atoms with Gasteiger partial charge in [0.15, 0.2) is 5.13 Å². The number of aromatic nitrogens is 1. The molecule has 0 aliphatic carbocycles. The lowest BCUT2D eigenvalue weighted by Gasteiger charge is -2.08. The summed E-state index contributed by atoms with van der Waals surface area (Å²) in [6.45, 7) is 4.00. The third-order valence-corrected chi connectivity index (χ3v) is 4.11. The summed E-state index contributed by atoms with van der Waals surface area (Å²) >= 11 is 1.22. The van der Waals surface area contributed by atoms with Crippen molar-refractivity contribution in [3.8, 4) is 11.3 Å². The van der Waals surface area contributed by atoms with Crippen molar-refractivity contribution in [2.24, 2.45) is 0 Å². The van der Waals surface area contributed by atoms with Crippen LogP contribution < -0.4 is 5.32 Å². The van der Waals surface area contributed by atoms with Crippen LogP contribution in [0.25, 0.3) is 11.3 Å². The molecular weight excluding hydrogens is 389 g/mol. The molecule has 0 bridgehead atoms. The first-order valence-corrected chi connectivity index (χ1v) is 8.94. The Bertz CT molecular complexity index is 924. The van der Waals surface area contributed by atoms with Crippen LogP contribution in [0.1, 0.15) is 37.2 Å². The highest BCUT2D eigenvalue weighted by atomic mass is 32.1. The third kappa shape index (κ3) is 5.82. The van der Waals surface area contributed by atoms with E-state index in [4.69, 9.17) is 5.11 Å². The van der Waals surface area contributed by atoms with E-state index < -0.39 is 17.7 Å². The molecule has 0 spiro atoms. The molecule has 0 unspecified atom stereocenters. The zero-order chi connectivity index (χ0) is 20.0. The smallest absolute Gasteiger partial charge is 0.416 e. The third-order valence-electron chi connectivity index (χ3n) is 3.35. The van der Waals surface area contributed by atoms with Gasteiger partial charge in [0.05, 0.1) is 16.8 Å². The average molecular weight is 410 g/mol. The second kappa shape index (κ2) is 9.89. The quantitative estimate of drug-likeness (QED) is 0.489. The molecule has 3 rings (SSSR count). The van der Waals surface area contributed by atoms with Crippen LogP contribution in [0.2, 0.25) is 0 Å². The Hall–Kier alpha value is -2.87. The lowest BCUT2D eigenvalue weighted by molar-refractivity contribution is -0.137. The van der Waals surface area contributed by atoms with Crippen molar-refractivity contribution in [1.29, 1.82) is 0 Å². The van der Waals surface area contributed by atoms with Gasteiger partial charge in [0.2, 0.25) is 0 Å². The molecule has 2 N–H and O–H groups in total. The van der Waals surface area contributed by atoms with E-state index in [1.165, 1.54) is 35.6 Å². The number of hydrogen-bond acceptors (Lipinski definition) is 4. The van der Waals surface area contributed by atoms with Crippen molar-refractivity contribution in [3.63, 3.8) is 0 Å². The van der Waals surface area contributed by atoms with Crippen LogP contribution in [0.3, 0.4) is 0 Å². The molecule has 1 heterocycles. The standard InChI is InChI=1S/C17H11F3N2O2S.C2H6.CH4/c18-17(19,20)12-5-2-6-13(8-12)21-16-22-14(9-25-16)10-3-1-4-11(7-10)15(23)24;1-2;/h1-9H,(H,21,22)(H,23,24);1-2H3;1H4. The molecule has 0 atom stereocenters. The van der Waals surface area contributed by atoms with E-state index in [9.17, 15) is 18.0 Å². The van der Waals surface area contributed by atoms with Crippen molar-refractivity contribution in [2.75, 3.05) is 5.32 Å². The number of benzene rings is 2. The summed E-state index contributed by atoms with van der Waals surface area (Å²) < 4.78 is 38.2. The minimum atomic E-state index is -4.41. The first kappa shape index (κ1) is 23.2. The Kier molecular flexibility index (Phi) is 8.18. The largest absolute Gasteiger partial charge is 0.478 e. The van der Waals surface area contributed by atoms with Crippen LogP contribution in [0, 0.1) is 0 Å². The van der Waals surface area contributed by atoms with E-state index in [1.54, 1.807) is 17.5 Å². The minimum absolute atomic E-state index is 0. The lowest BCUT2D eigenvalue weighted by atomic mass is 10.1.